The molecule has 1 heterocycles. The second kappa shape index (κ2) is 6.24. The van der Waals surface area contributed by atoms with Crippen molar-refractivity contribution in [2.45, 2.75) is 0 Å². The van der Waals surface area contributed by atoms with E-state index in [1.54, 1.807) is 24.3 Å². The first-order valence-corrected chi connectivity index (χ1v) is 7.82. The number of carbonyl (C=O) groups excluding carboxylic acids is 1. The van der Waals surface area contributed by atoms with Gasteiger partial charge in [0, 0.05) is 15.1 Å². The largest absolute Gasteiger partial charge is 0.368 e. The zero-order chi connectivity index (χ0) is 15.7. The summed E-state index contributed by atoms with van der Waals surface area (Å²) in [5.41, 5.74) is 2.17. The van der Waals surface area contributed by atoms with E-state index < -0.39 is 5.97 Å². The van der Waals surface area contributed by atoms with E-state index in [1.807, 2.05) is 24.3 Å². The van der Waals surface area contributed by atoms with Crippen molar-refractivity contribution < 1.29 is 9.63 Å². The first-order chi connectivity index (χ1) is 10.6. The Labute approximate surface area is 145 Å². The Balaban J connectivity index is 2.08. The third-order valence-corrected chi connectivity index (χ3v) is 4.36. The fraction of sp³-hybridized carbons (Fsp3) is 0. The highest BCUT2D eigenvalue weighted by atomic mass is 79.9. The molecule has 0 saturated heterocycles. The smallest absolute Gasteiger partial charge is 0.312 e. The molecule has 3 nitrogen and oxygen atoms in total. The SMILES string of the molecule is O=C1ON=C(c2ccc(Cl)cc2Cl)/C1=C\c1ccccc1Br. The van der Waals surface area contributed by atoms with E-state index >= 15 is 0 Å². The number of benzene rings is 2. The average molecular weight is 397 g/mol. The number of oxime groups is 1. The van der Waals surface area contributed by atoms with E-state index in [2.05, 4.69) is 21.1 Å². The van der Waals surface area contributed by atoms with Gasteiger partial charge in [-0.15, -0.1) is 0 Å². The van der Waals surface area contributed by atoms with Gasteiger partial charge in [0.1, 0.15) is 5.71 Å². The Morgan fingerprint density at radius 1 is 1.14 bits per heavy atom. The van der Waals surface area contributed by atoms with Gasteiger partial charge in [-0.25, -0.2) is 4.79 Å². The molecule has 6 heteroatoms. The van der Waals surface area contributed by atoms with Crippen LogP contribution >= 0.6 is 39.1 Å². The van der Waals surface area contributed by atoms with Crippen LogP contribution in [0.15, 0.2) is 57.7 Å². The van der Waals surface area contributed by atoms with Crippen molar-refractivity contribution >= 4 is 56.9 Å². The Morgan fingerprint density at radius 3 is 2.64 bits per heavy atom. The summed E-state index contributed by atoms with van der Waals surface area (Å²) in [6.07, 6.45) is 1.71. The molecule has 0 unspecified atom stereocenters. The molecule has 2 aromatic rings. The average Bonchev–Trinajstić information content (AvgIpc) is 2.83. The summed E-state index contributed by atoms with van der Waals surface area (Å²) in [5.74, 6) is -0.517. The Kier molecular flexibility index (Phi) is 4.34. The molecule has 110 valence electrons. The Hall–Kier alpha value is -1.62. The van der Waals surface area contributed by atoms with Gasteiger partial charge in [0.25, 0.3) is 0 Å². The van der Waals surface area contributed by atoms with Crippen molar-refractivity contribution in [1.29, 1.82) is 0 Å². The quantitative estimate of drug-likeness (QED) is 0.523. The molecule has 1 aliphatic rings. The molecule has 0 fully saturated rings. The van der Waals surface area contributed by atoms with E-state index in [1.165, 1.54) is 0 Å². The maximum absolute atomic E-state index is 12.0. The fourth-order valence-electron chi connectivity index (χ4n) is 2.03. The predicted molar refractivity (Wildman–Crippen MR) is 91.2 cm³/mol. The van der Waals surface area contributed by atoms with Gasteiger partial charge in [0.15, 0.2) is 0 Å². The summed E-state index contributed by atoms with van der Waals surface area (Å²) in [6.45, 7) is 0. The van der Waals surface area contributed by atoms with Crippen LogP contribution in [0.3, 0.4) is 0 Å². The Morgan fingerprint density at radius 2 is 1.91 bits per heavy atom. The molecule has 0 atom stereocenters. The van der Waals surface area contributed by atoms with Crippen molar-refractivity contribution in [2.75, 3.05) is 0 Å². The summed E-state index contributed by atoms with van der Waals surface area (Å²) >= 11 is 15.5. The summed E-state index contributed by atoms with van der Waals surface area (Å²) in [4.78, 5) is 16.8. The van der Waals surface area contributed by atoms with Crippen molar-refractivity contribution in [3.05, 3.63) is 73.7 Å². The molecule has 22 heavy (non-hydrogen) atoms. The van der Waals surface area contributed by atoms with Gasteiger partial charge in [0.2, 0.25) is 0 Å². The monoisotopic (exact) mass is 395 g/mol. The number of hydrogen-bond acceptors (Lipinski definition) is 3. The number of hydrogen-bond donors (Lipinski definition) is 0. The summed E-state index contributed by atoms with van der Waals surface area (Å²) < 4.78 is 0.865. The van der Waals surface area contributed by atoms with Crippen molar-refractivity contribution in [1.82, 2.24) is 0 Å². The van der Waals surface area contributed by atoms with E-state index in [4.69, 9.17) is 28.0 Å². The van der Waals surface area contributed by atoms with Crippen LogP contribution in [-0.2, 0) is 9.63 Å². The molecule has 0 saturated carbocycles. The maximum Gasteiger partial charge on any atom is 0.368 e. The van der Waals surface area contributed by atoms with Crippen LogP contribution in [0.4, 0.5) is 0 Å². The number of carbonyl (C=O) groups is 1. The summed E-state index contributed by atoms with van der Waals surface area (Å²) in [5, 5.41) is 4.76. The molecule has 0 amide bonds. The highest BCUT2D eigenvalue weighted by molar-refractivity contribution is 9.10. The minimum absolute atomic E-state index is 0.344. The molecule has 0 aliphatic carbocycles. The summed E-state index contributed by atoms with van der Waals surface area (Å²) in [6, 6.07) is 12.5. The van der Waals surface area contributed by atoms with Gasteiger partial charge in [-0.2, -0.15) is 0 Å². The molecule has 1 aliphatic heterocycles. The van der Waals surface area contributed by atoms with Crippen molar-refractivity contribution in [3.8, 4) is 0 Å². The van der Waals surface area contributed by atoms with Crippen LogP contribution in [-0.4, -0.2) is 11.7 Å². The minimum atomic E-state index is -0.517. The number of halogens is 3. The van der Waals surface area contributed by atoms with Crippen LogP contribution in [0, 0.1) is 0 Å². The van der Waals surface area contributed by atoms with Crippen LogP contribution in [0.1, 0.15) is 11.1 Å². The molecule has 0 spiro atoms. The van der Waals surface area contributed by atoms with Gasteiger partial charge >= 0.3 is 5.97 Å². The van der Waals surface area contributed by atoms with Gasteiger partial charge in [-0.3, -0.25) is 0 Å². The first-order valence-electron chi connectivity index (χ1n) is 6.27. The lowest BCUT2D eigenvalue weighted by Gasteiger charge is -2.04. The van der Waals surface area contributed by atoms with E-state index in [0.29, 0.717) is 26.9 Å². The summed E-state index contributed by atoms with van der Waals surface area (Å²) in [7, 11) is 0. The molecular formula is C16H8BrCl2NO2. The Bertz CT molecular complexity index is 831. The van der Waals surface area contributed by atoms with E-state index in [-0.39, 0.29) is 0 Å². The van der Waals surface area contributed by atoms with Gasteiger partial charge in [0.05, 0.1) is 10.6 Å². The molecule has 3 rings (SSSR count). The standard InChI is InChI=1S/C16H8BrCl2NO2/c17-13-4-2-1-3-9(13)7-12-15(20-22-16(12)21)11-6-5-10(18)8-14(11)19/h1-8H/b12-7+. The third-order valence-electron chi connectivity index (χ3n) is 3.09. The molecule has 0 bridgehead atoms. The molecule has 2 aromatic carbocycles. The van der Waals surface area contributed by atoms with E-state index in [9.17, 15) is 4.79 Å². The first kappa shape index (κ1) is 15.3. The zero-order valence-corrected chi connectivity index (χ0v) is 14.1. The normalized spacial score (nSPS) is 15.9. The number of nitrogens with zero attached hydrogens (tertiary/aromatic N) is 1. The van der Waals surface area contributed by atoms with Gasteiger partial charge in [-0.05, 0) is 35.9 Å². The highest BCUT2D eigenvalue weighted by Crippen LogP contribution is 2.29. The fourth-order valence-corrected chi connectivity index (χ4v) is 2.93. The molecule has 0 radical (unpaired) electrons. The molecule has 0 N–H and O–H groups in total. The van der Waals surface area contributed by atoms with Crippen LogP contribution < -0.4 is 0 Å². The van der Waals surface area contributed by atoms with Crippen molar-refractivity contribution in [3.63, 3.8) is 0 Å². The van der Waals surface area contributed by atoms with E-state index in [0.717, 1.165) is 10.0 Å². The second-order valence-electron chi connectivity index (χ2n) is 4.52. The van der Waals surface area contributed by atoms with Crippen LogP contribution in [0.2, 0.25) is 10.0 Å². The predicted octanol–water partition coefficient (Wildman–Crippen LogP) is 5.10. The molecular weight excluding hydrogens is 389 g/mol. The van der Waals surface area contributed by atoms with Crippen molar-refractivity contribution in [2.24, 2.45) is 5.16 Å². The zero-order valence-electron chi connectivity index (χ0n) is 11.0. The molecule has 0 aromatic heterocycles. The van der Waals surface area contributed by atoms with Gasteiger partial charge in [-0.1, -0.05) is 62.5 Å². The topological polar surface area (TPSA) is 38.7 Å². The lowest BCUT2D eigenvalue weighted by atomic mass is 10.0. The lowest BCUT2D eigenvalue weighted by molar-refractivity contribution is -0.136. The number of rotatable bonds is 2. The van der Waals surface area contributed by atoms with Gasteiger partial charge < -0.3 is 4.84 Å². The third kappa shape index (κ3) is 2.95. The van der Waals surface area contributed by atoms with Crippen LogP contribution in [0.5, 0.6) is 0 Å². The lowest BCUT2D eigenvalue weighted by Crippen LogP contribution is -2.07. The second-order valence-corrected chi connectivity index (χ2v) is 6.22. The minimum Gasteiger partial charge on any atom is -0.312 e. The highest BCUT2D eigenvalue weighted by Gasteiger charge is 2.28. The maximum atomic E-state index is 12.0. The van der Waals surface area contributed by atoms with Crippen LogP contribution in [0.25, 0.3) is 6.08 Å².